The van der Waals surface area contributed by atoms with Crippen molar-refractivity contribution < 1.29 is 9.90 Å². The summed E-state index contributed by atoms with van der Waals surface area (Å²) in [7, 11) is 0. The zero-order valence-electron chi connectivity index (χ0n) is 8.04. The first-order valence-electron chi connectivity index (χ1n) is 4.30. The smallest absolute Gasteiger partial charge is 0.255 e. The lowest BCUT2D eigenvalue weighted by Crippen LogP contribution is -2.30. The number of carbonyl (C=O) groups is 1. The molecule has 76 valence electrons. The van der Waals surface area contributed by atoms with Crippen LogP contribution in [0.2, 0.25) is 0 Å². The average Bonchev–Trinajstić information content (AvgIpc) is 2.01. The van der Waals surface area contributed by atoms with E-state index in [-0.39, 0.29) is 17.7 Å². The number of hydrogen-bond donors (Lipinski definition) is 2. The van der Waals surface area contributed by atoms with Gasteiger partial charge in [0.1, 0.15) is 5.75 Å². The van der Waals surface area contributed by atoms with Crippen LogP contribution in [0.1, 0.15) is 24.2 Å². The van der Waals surface area contributed by atoms with E-state index in [2.05, 4.69) is 27.9 Å². The van der Waals surface area contributed by atoms with Crippen LogP contribution in [0, 0.1) is 3.57 Å². The average molecular weight is 305 g/mol. The van der Waals surface area contributed by atoms with Gasteiger partial charge in [-0.2, -0.15) is 0 Å². The third-order valence-electron chi connectivity index (χ3n) is 1.62. The Morgan fingerprint density at radius 1 is 1.50 bits per heavy atom. The second kappa shape index (κ2) is 4.63. The molecule has 1 amide bonds. The van der Waals surface area contributed by atoms with Gasteiger partial charge in [-0.05, 0) is 54.6 Å². The fourth-order valence-electron chi connectivity index (χ4n) is 1.04. The van der Waals surface area contributed by atoms with E-state index in [0.717, 1.165) is 3.57 Å². The molecule has 0 saturated carbocycles. The molecule has 0 aromatic heterocycles. The van der Waals surface area contributed by atoms with Crippen LogP contribution in [0.4, 0.5) is 0 Å². The number of halogens is 1. The van der Waals surface area contributed by atoms with Crippen molar-refractivity contribution in [3.05, 3.63) is 27.3 Å². The summed E-state index contributed by atoms with van der Waals surface area (Å²) >= 11 is 2.08. The second-order valence-electron chi connectivity index (χ2n) is 3.29. The fraction of sp³-hybridized carbons (Fsp3) is 0.300. The topological polar surface area (TPSA) is 49.3 Å². The van der Waals surface area contributed by atoms with Gasteiger partial charge in [0.05, 0.1) is 5.56 Å². The van der Waals surface area contributed by atoms with Crippen LogP contribution >= 0.6 is 22.6 Å². The van der Waals surface area contributed by atoms with Crippen molar-refractivity contribution in [1.29, 1.82) is 0 Å². The van der Waals surface area contributed by atoms with E-state index in [1.807, 2.05) is 13.8 Å². The molecular formula is C10H12INO2. The summed E-state index contributed by atoms with van der Waals surface area (Å²) in [6, 6.07) is 5.04. The normalized spacial score (nSPS) is 10.3. The molecule has 1 aromatic carbocycles. The lowest BCUT2D eigenvalue weighted by atomic mass is 10.2. The van der Waals surface area contributed by atoms with Gasteiger partial charge in [-0.25, -0.2) is 0 Å². The van der Waals surface area contributed by atoms with Gasteiger partial charge in [0.2, 0.25) is 0 Å². The highest BCUT2D eigenvalue weighted by Gasteiger charge is 2.11. The summed E-state index contributed by atoms with van der Waals surface area (Å²) in [5.74, 6) is -0.219. The van der Waals surface area contributed by atoms with Gasteiger partial charge in [-0.1, -0.05) is 0 Å². The third kappa shape index (κ3) is 2.87. The Morgan fingerprint density at radius 2 is 2.14 bits per heavy atom. The van der Waals surface area contributed by atoms with Crippen LogP contribution in [0.15, 0.2) is 18.2 Å². The van der Waals surface area contributed by atoms with Gasteiger partial charge in [0.25, 0.3) is 5.91 Å². The Hall–Kier alpha value is -0.780. The summed E-state index contributed by atoms with van der Waals surface area (Å²) in [5.41, 5.74) is 0.319. The van der Waals surface area contributed by atoms with E-state index in [0.29, 0.717) is 5.56 Å². The number of nitrogens with one attached hydrogen (secondary N) is 1. The van der Waals surface area contributed by atoms with Crippen LogP contribution in [0.5, 0.6) is 5.75 Å². The van der Waals surface area contributed by atoms with Gasteiger partial charge in [-0.3, -0.25) is 4.79 Å². The zero-order valence-corrected chi connectivity index (χ0v) is 10.2. The van der Waals surface area contributed by atoms with Crippen molar-refractivity contribution in [1.82, 2.24) is 5.32 Å². The maximum atomic E-state index is 11.5. The lowest BCUT2D eigenvalue weighted by molar-refractivity contribution is 0.0940. The summed E-state index contributed by atoms with van der Waals surface area (Å²) < 4.78 is 0.904. The minimum absolute atomic E-state index is 0.0232. The van der Waals surface area contributed by atoms with Gasteiger partial charge < -0.3 is 10.4 Å². The number of phenolic OH excluding ortho intramolecular Hbond substituents is 1. The van der Waals surface area contributed by atoms with Crippen molar-refractivity contribution in [3.8, 4) is 5.75 Å². The molecule has 1 aromatic rings. The standard InChI is InChI=1S/C10H12INO2/c1-6(2)12-10(14)8-4-3-7(11)5-9(8)13/h3-6,13H,1-2H3,(H,12,14). The highest BCUT2D eigenvalue weighted by molar-refractivity contribution is 14.1. The Morgan fingerprint density at radius 3 is 2.64 bits per heavy atom. The van der Waals surface area contributed by atoms with Gasteiger partial charge in [0, 0.05) is 9.61 Å². The van der Waals surface area contributed by atoms with E-state index < -0.39 is 0 Å². The van der Waals surface area contributed by atoms with E-state index >= 15 is 0 Å². The van der Waals surface area contributed by atoms with Gasteiger partial charge in [-0.15, -0.1) is 0 Å². The van der Waals surface area contributed by atoms with Gasteiger partial charge >= 0.3 is 0 Å². The van der Waals surface area contributed by atoms with Crippen molar-refractivity contribution in [2.24, 2.45) is 0 Å². The fourth-order valence-corrected chi connectivity index (χ4v) is 1.51. The van der Waals surface area contributed by atoms with E-state index in [1.54, 1.807) is 18.2 Å². The Balaban J connectivity index is 2.90. The minimum atomic E-state index is -0.242. The second-order valence-corrected chi connectivity index (χ2v) is 4.54. The molecule has 0 radical (unpaired) electrons. The van der Waals surface area contributed by atoms with Crippen molar-refractivity contribution >= 4 is 28.5 Å². The van der Waals surface area contributed by atoms with Crippen LogP contribution in [0.3, 0.4) is 0 Å². The summed E-state index contributed by atoms with van der Waals surface area (Å²) in [5, 5.41) is 12.2. The molecule has 0 bridgehead atoms. The predicted molar refractivity (Wildman–Crippen MR) is 63.4 cm³/mol. The van der Waals surface area contributed by atoms with E-state index in [9.17, 15) is 9.90 Å². The first-order valence-corrected chi connectivity index (χ1v) is 5.38. The Bertz CT molecular complexity index is 350. The Kier molecular flexibility index (Phi) is 3.74. The highest BCUT2D eigenvalue weighted by Crippen LogP contribution is 2.19. The molecule has 0 heterocycles. The van der Waals surface area contributed by atoms with Crippen molar-refractivity contribution in [3.63, 3.8) is 0 Å². The number of aromatic hydroxyl groups is 1. The maximum absolute atomic E-state index is 11.5. The SMILES string of the molecule is CC(C)NC(=O)c1ccc(I)cc1O. The molecule has 2 N–H and O–H groups in total. The van der Waals surface area contributed by atoms with Crippen molar-refractivity contribution in [2.45, 2.75) is 19.9 Å². The largest absolute Gasteiger partial charge is 0.507 e. The van der Waals surface area contributed by atoms with Gasteiger partial charge in [0.15, 0.2) is 0 Å². The summed E-state index contributed by atoms with van der Waals surface area (Å²) in [4.78, 5) is 11.5. The molecule has 14 heavy (non-hydrogen) atoms. The molecule has 0 saturated heterocycles. The first-order chi connectivity index (χ1) is 6.50. The summed E-state index contributed by atoms with van der Waals surface area (Å²) in [6.07, 6.45) is 0. The molecule has 0 spiro atoms. The molecule has 4 heteroatoms. The van der Waals surface area contributed by atoms with E-state index in [4.69, 9.17) is 0 Å². The molecule has 0 fully saturated rings. The highest BCUT2D eigenvalue weighted by atomic mass is 127. The quantitative estimate of drug-likeness (QED) is 0.823. The number of benzene rings is 1. The molecule has 0 aliphatic heterocycles. The number of hydrogen-bond acceptors (Lipinski definition) is 2. The molecule has 1 rings (SSSR count). The molecule has 3 nitrogen and oxygen atoms in total. The molecular weight excluding hydrogens is 293 g/mol. The van der Waals surface area contributed by atoms with Crippen LogP contribution < -0.4 is 5.32 Å². The number of rotatable bonds is 2. The molecule has 0 atom stereocenters. The van der Waals surface area contributed by atoms with Crippen LogP contribution in [-0.2, 0) is 0 Å². The lowest BCUT2D eigenvalue weighted by Gasteiger charge is -2.09. The first kappa shape index (κ1) is 11.3. The molecule has 0 unspecified atom stereocenters. The van der Waals surface area contributed by atoms with E-state index in [1.165, 1.54) is 0 Å². The third-order valence-corrected chi connectivity index (χ3v) is 2.30. The predicted octanol–water partition coefficient (Wildman–Crippen LogP) is 2.14. The number of amides is 1. The zero-order chi connectivity index (χ0) is 10.7. The van der Waals surface area contributed by atoms with Crippen LogP contribution in [-0.4, -0.2) is 17.1 Å². The van der Waals surface area contributed by atoms with Crippen LogP contribution in [0.25, 0.3) is 0 Å². The number of carbonyl (C=O) groups excluding carboxylic acids is 1. The molecule has 0 aliphatic rings. The maximum Gasteiger partial charge on any atom is 0.255 e. The minimum Gasteiger partial charge on any atom is -0.507 e. The number of phenols is 1. The van der Waals surface area contributed by atoms with Crippen molar-refractivity contribution in [2.75, 3.05) is 0 Å². The summed E-state index contributed by atoms with van der Waals surface area (Å²) in [6.45, 7) is 3.75. The Labute approximate surface area is 96.7 Å². The molecule has 0 aliphatic carbocycles. The monoisotopic (exact) mass is 305 g/mol.